The lowest BCUT2D eigenvalue weighted by atomic mass is 10.1. The first-order valence-electron chi connectivity index (χ1n) is 3.04. The van der Waals surface area contributed by atoms with Crippen molar-refractivity contribution in [2.75, 3.05) is 0 Å². The first kappa shape index (κ1) is 6.33. The number of rotatable bonds is 0. The zero-order valence-corrected chi connectivity index (χ0v) is 5.64. The predicted molar refractivity (Wildman–Crippen MR) is 34.1 cm³/mol. The Bertz CT molecular complexity index is 179. The fourth-order valence-corrected chi connectivity index (χ4v) is 0.949. The summed E-state index contributed by atoms with van der Waals surface area (Å²) in [5.74, 6) is 0.350. The van der Waals surface area contributed by atoms with E-state index in [1.807, 2.05) is 6.92 Å². The van der Waals surface area contributed by atoms with E-state index in [9.17, 15) is 4.79 Å². The van der Waals surface area contributed by atoms with Crippen LogP contribution >= 0.6 is 0 Å². The minimum atomic E-state index is -0.0509. The number of ketones is 1. The second kappa shape index (κ2) is 1.87. The molecule has 2 heteroatoms. The van der Waals surface area contributed by atoms with E-state index in [0.29, 0.717) is 0 Å². The van der Waals surface area contributed by atoms with Crippen LogP contribution in [0.25, 0.3) is 0 Å². The van der Waals surface area contributed by atoms with Crippen LogP contribution in [0.5, 0.6) is 0 Å². The van der Waals surface area contributed by atoms with Crippen molar-refractivity contribution in [2.24, 2.45) is 5.92 Å². The minimum absolute atomic E-state index is 0.0509. The molecular weight excluding hydrogens is 116 g/mol. The van der Waals surface area contributed by atoms with Crippen LogP contribution in [0, 0.1) is 5.92 Å². The zero-order valence-electron chi connectivity index (χ0n) is 5.64. The molecule has 1 rings (SSSR count). The molecule has 50 valence electrons. The lowest BCUT2D eigenvalue weighted by Crippen LogP contribution is -2.02. The summed E-state index contributed by atoms with van der Waals surface area (Å²) in [6.45, 7) is 3.62. The number of hydrogen-bond donors (Lipinski definition) is 1. The van der Waals surface area contributed by atoms with Crippen molar-refractivity contribution >= 4 is 5.78 Å². The van der Waals surface area contributed by atoms with Crippen molar-refractivity contribution < 1.29 is 9.90 Å². The standard InChI is InChI=1S/C7H10O2/c1-4-5(2)7(9)3-6(4)8/h4,9H,3H2,1-2H3. The van der Waals surface area contributed by atoms with E-state index in [-0.39, 0.29) is 23.9 Å². The first-order valence-corrected chi connectivity index (χ1v) is 3.04. The summed E-state index contributed by atoms with van der Waals surface area (Å²) in [6, 6.07) is 0. The summed E-state index contributed by atoms with van der Waals surface area (Å²) >= 11 is 0. The van der Waals surface area contributed by atoms with E-state index in [0.717, 1.165) is 5.57 Å². The minimum Gasteiger partial charge on any atom is -0.512 e. The summed E-state index contributed by atoms with van der Waals surface area (Å²) in [4.78, 5) is 10.8. The molecule has 9 heavy (non-hydrogen) atoms. The SMILES string of the molecule is CC1=C(O)CC(=O)C1C. The highest BCUT2D eigenvalue weighted by Crippen LogP contribution is 2.25. The average Bonchev–Trinajstić information content (AvgIpc) is 1.98. The molecule has 0 radical (unpaired) electrons. The summed E-state index contributed by atoms with van der Waals surface area (Å²) in [5.41, 5.74) is 0.833. The van der Waals surface area contributed by atoms with Crippen molar-refractivity contribution in [2.45, 2.75) is 20.3 Å². The molecule has 0 heterocycles. The van der Waals surface area contributed by atoms with Crippen LogP contribution in [0.1, 0.15) is 20.3 Å². The lowest BCUT2D eigenvalue weighted by Gasteiger charge is -1.97. The smallest absolute Gasteiger partial charge is 0.147 e. The van der Waals surface area contributed by atoms with Gasteiger partial charge in [0.1, 0.15) is 5.78 Å². The Labute approximate surface area is 54.2 Å². The number of aliphatic hydroxyl groups is 1. The maximum atomic E-state index is 10.8. The molecule has 0 saturated carbocycles. The summed E-state index contributed by atoms with van der Waals surface area (Å²) < 4.78 is 0. The second-order valence-electron chi connectivity index (χ2n) is 2.49. The van der Waals surface area contributed by atoms with Crippen molar-refractivity contribution in [3.8, 4) is 0 Å². The maximum absolute atomic E-state index is 10.8. The number of allylic oxidation sites excluding steroid dienone is 2. The van der Waals surface area contributed by atoms with Gasteiger partial charge in [-0.15, -0.1) is 0 Å². The van der Waals surface area contributed by atoms with E-state index < -0.39 is 0 Å². The molecule has 2 nitrogen and oxygen atoms in total. The summed E-state index contributed by atoms with van der Waals surface area (Å²) in [5, 5.41) is 9.00. The Morgan fingerprint density at radius 2 is 2.22 bits per heavy atom. The number of Topliss-reactive ketones (excluding diaryl/α,β-unsaturated/α-hetero) is 1. The molecule has 1 aliphatic carbocycles. The van der Waals surface area contributed by atoms with Gasteiger partial charge in [-0.25, -0.2) is 0 Å². The third-order valence-corrected chi connectivity index (χ3v) is 1.93. The van der Waals surface area contributed by atoms with Gasteiger partial charge in [0.25, 0.3) is 0 Å². The monoisotopic (exact) mass is 126 g/mol. The fraction of sp³-hybridized carbons (Fsp3) is 0.571. The van der Waals surface area contributed by atoms with E-state index in [1.165, 1.54) is 0 Å². The number of aliphatic hydroxyl groups excluding tert-OH is 1. The third kappa shape index (κ3) is 0.846. The molecule has 0 amide bonds. The molecule has 0 aromatic heterocycles. The molecule has 1 N–H and O–H groups in total. The van der Waals surface area contributed by atoms with E-state index in [2.05, 4.69) is 0 Å². The van der Waals surface area contributed by atoms with E-state index in [4.69, 9.17) is 5.11 Å². The van der Waals surface area contributed by atoms with Crippen molar-refractivity contribution in [1.82, 2.24) is 0 Å². The Morgan fingerprint density at radius 3 is 2.33 bits per heavy atom. The quantitative estimate of drug-likeness (QED) is 0.533. The van der Waals surface area contributed by atoms with Gasteiger partial charge in [0.15, 0.2) is 0 Å². The van der Waals surface area contributed by atoms with Gasteiger partial charge in [-0.05, 0) is 12.5 Å². The van der Waals surface area contributed by atoms with E-state index in [1.54, 1.807) is 6.92 Å². The molecule has 0 aromatic rings. The number of hydrogen-bond acceptors (Lipinski definition) is 2. The highest BCUT2D eigenvalue weighted by atomic mass is 16.3. The van der Waals surface area contributed by atoms with Crippen LogP contribution in [0.15, 0.2) is 11.3 Å². The highest BCUT2D eigenvalue weighted by Gasteiger charge is 2.25. The van der Waals surface area contributed by atoms with E-state index >= 15 is 0 Å². The molecule has 0 aromatic carbocycles. The molecule has 1 unspecified atom stereocenters. The van der Waals surface area contributed by atoms with Crippen LogP contribution in [-0.2, 0) is 4.79 Å². The van der Waals surface area contributed by atoms with Crippen LogP contribution in [0.2, 0.25) is 0 Å². The number of carbonyl (C=O) groups excluding carboxylic acids is 1. The fourth-order valence-electron chi connectivity index (χ4n) is 0.949. The maximum Gasteiger partial charge on any atom is 0.147 e. The van der Waals surface area contributed by atoms with Gasteiger partial charge in [0, 0.05) is 5.92 Å². The molecule has 0 fully saturated rings. The topological polar surface area (TPSA) is 37.3 Å². The van der Waals surface area contributed by atoms with Crippen molar-refractivity contribution in [1.29, 1.82) is 0 Å². The van der Waals surface area contributed by atoms with Gasteiger partial charge in [0.2, 0.25) is 0 Å². The van der Waals surface area contributed by atoms with Crippen LogP contribution in [0.4, 0.5) is 0 Å². The predicted octanol–water partition coefficient (Wildman–Crippen LogP) is 1.43. The van der Waals surface area contributed by atoms with Gasteiger partial charge in [-0.3, -0.25) is 4.79 Å². The summed E-state index contributed by atoms with van der Waals surface area (Å²) in [6.07, 6.45) is 0.243. The van der Waals surface area contributed by atoms with Gasteiger partial charge in [-0.2, -0.15) is 0 Å². The third-order valence-electron chi connectivity index (χ3n) is 1.93. The normalized spacial score (nSPS) is 27.8. The lowest BCUT2D eigenvalue weighted by molar-refractivity contribution is -0.120. The van der Waals surface area contributed by atoms with Gasteiger partial charge in [-0.1, -0.05) is 6.92 Å². The van der Waals surface area contributed by atoms with Crippen molar-refractivity contribution in [3.63, 3.8) is 0 Å². The average molecular weight is 126 g/mol. The Morgan fingerprint density at radius 1 is 1.67 bits per heavy atom. The Hall–Kier alpha value is -0.790. The molecule has 1 aliphatic rings. The van der Waals surface area contributed by atoms with Crippen molar-refractivity contribution in [3.05, 3.63) is 11.3 Å². The van der Waals surface area contributed by atoms with Crippen LogP contribution in [-0.4, -0.2) is 10.9 Å². The molecule has 0 bridgehead atoms. The Kier molecular flexibility index (Phi) is 1.31. The molecular formula is C7H10O2. The van der Waals surface area contributed by atoms with Crippen LogP contribution < -0.4 is 0 Å². The molecule has 0 aliphatic heterocycles. The zero-order chi connectivity index (χ0) is 7.02. The molecule has 0 saturated heterocycles. The molecule has 0 spiro atoms. The Balaban J connectivity index is 2.87. The summed E-state index contributed by atoms with van der Waals surface area (Å²) in [7, 11) is 0. The largest absolute Gasteiger partial charge is 0.512 e. The van der Waals surface area contributed by atoms with Gasteiger partial charge < -0.3 is 5.11 Å². The number of carbonyl (C=O) groups is 1. The van der Waals surface area contributed by atoms with Gasteiger partial charge >= 0.3 is 0 Å². The first-order chi connectivity index (χ1) is 4.13. The molecule has 1 atom stereocenters. The van der Waals surface area contributed by atoms with Crippen LogP contribution in [0.3, 0.4) is 0 Å². The second-order valence-corrected chi connectivity index (χ2v) is 2.49. The van der Waals surface area contributed by atoms with Gasteiger partial charge in [0.05, 0.1) is 12.2 Å². The highest BCUT2D eigenvalue weighted by molar-refractivity contribution is 5.88.